The second-order valence-electron chi connectivity index (χ2n) is 33.5. The fourth-order valence-electron chi connectivity index (χ4n) is 13.8. The van der Waals surface area contributed by atoms with Crippen molar-refractivity contribution < 1.29 is 75.8 Å². The van der Waals surface area contributed by atoms with Crippen molar-refractivity contribution in [1.29, 1.82) is 0 Å². The van der Waals surface area contributed by atoms with Crippen LogP contribution in [0.2, 0.25) is 0 Å². The summed E-state index contributed by atoms with van der Waals surface area (Å²) in [5.41, 5.74) is 0. The summed E-state index contributed by atoms with van der Waals surface area (Å²) in [5.74, 6) is -1.57. The van der Waals surface area contributed by atoms with Gasteiger partial charge >= 0.3 is 33.6 Å². The Balaban J connectivity index is 4.59. The van der Waals surface area contributed by atoms with Crippen LogP contribution in [0.1, 0.15) is 419 Å². The van der Waals surface area contributed by atoms with E-state index in [0.29, 0.717) is 19.3 Å². The average Bonchev–Trinajstić information content (AvgIpc) is 0.898. The van der Waals surface area contributed by atoms with Gasteiger partial charge < -0.3 is 34.2 Å². The van der Waals surface area contributed by atoms with Crippen molar-refractivity contribution in [2.24, 2.45) is 0 Å². The summed E-state index contributed by atoms with van der Waals surface area (Å²) in [4.78, 5) is 59.2. The molecule has 0 aromatic carbocycles. The van der Waals surface area contributed by atoms with Crippen molar-refractivity contribution in [2.45, 2.75) is 437 Å². The molecule has 127 heavy (non-hydrogen) atoms. The quantitative estimate of drug-likeness (QED) is 0.0146. The van der Waals surface area contributed by atoms with E-state index in [9.17, 15) is 43.5 Å². The van der Waals surface area contributed by atoms with Crippen molar-refractivity contribution in [3.8, 4) is 0 Å². The van der Waals surface area contributed by atoms with Gasteiger partial charge in [-0.1, -0.05) is 434 Å². The smallest absolute Gasteiger partial charge is 0.463 e. The zero-order chi connectivity index (χ0) is 92.1. The van der Waals surface area contributed by atoms with Crippen LogP contribution < -0.4 is 0 Å². The third-order valence-corrected chi connectivity index (χ3v) is 23.2. The second kappa shape index (κ2) is 99.4. The predicted octanol–water partition coefficient (Wildman–Crippen LogP) is 32.1. The first-order chi connectivity index (χ1) is 62.2. The maximum atomic E-state index is 13.1. The Kier molecular flexibility index (Phi) is 95.0. The number of phosphoric acid groups is 2. The Bertz CT molecular complexity index is 3090. The van der Waals surface area contributed by atoms with Crippen LogP contribution in [0.3, 0.4) is 0 Å². The standard InChI is InChI=1S/C109H184O16P2/c1-4-7-10-13-16-19-22-25-28-31-34-37-40-43-46-48-49-50-51-52-53-55-58-59-62-65-68-71-74-77-80-83-86-89-92-95-107(112)119-98-104(110)99-121-126(115,116)122-100-105(111)101-123-127(117,118)124-103-106(125-109(114)97-94-91-88-85-82-79-76-73-70-67-64-61-56-45-42-39-36-33-30-27-24-21-18-15-12-9-6-3)102-120-108(113)96-93-90-87-84-81-78-75-72-69-66-63-60-57-54-47-44-41-38-35-32-29-26-23-20-17-14-11-8-5-2/h7-12,16-21,25-30,34-39,43-47,49-50,56,104-106,110-111H,4-6,13-15,22-24,31-33,40-42,48,51-55,57-103H2,1-3H3,(H,115,116)(H,117,118)/b10-7-,11-8-,12-9-,19-16-,20-17-,21-18-,28-25-,29-26-,30-27-,37-34-,38-35-,39-36-,46-43-,47-44-,50-49-,56-45-. The highest BCUT2D eigenvalue weighted by Crippen LogP contribution is 2.45. The number of hydrogen-bond acceptors (Lipinski definition) is 14. The van der Waals surface area contributed by atoms with Gasteiger partial charge in [0.15, 0.2) is 6.10 Å². The van der Waals surface area contributed by atoms with E-state index in [0.717, 1.165) is 186 Å². The lowest BCUT2D eigenvalue weighted by atomic mass is 10.0. The minimum atomic E-state index is -4.95. The highest BCUT2D eigenvalue weighted by molar-refractivity contribution is 7.47. The fraction of sp³-hybridized carbons (Fsp3) is 0.679. The van der Waals surface area contributed by atoms with Crippen LogP contribution in [0.25, 0.3) is 0 Å². The van der Waals surface area contributed by atoms with E-state index >= 15 is 0 Å². The Morgan fingerprint density at radius 1 is 0.220 bits per heavy atom. The number of esters is 3. The molecule has 0 saturated heterocycles. The predicted molar refractivity (Wildman–Crippen MR) is 537 cm³/mol. The van der Waals surface area contributed by atoms with Gasteiger partial charge in [0.25, 0.3) is 0 Å². The maximum absolute atomic E-state index is 13.1. The van der Waals surface area contributed by atoms with E-state index in [4.69, 9.17) is 32.3 Å². The largest absolute Gasteiger partial charge is 0.472 e. The molecule has 0 aliphatic carbocycles. The summed E-state index contributed by atoms with van der Waals surface area (Å²) in [6, 6.07) is 0. The molecule has 0 aliphatic heterocycles. The molecule has 0 amide bonds. The summed E-state index contributed by atoms with van der Waals surface area (Å²) < 4.78 is 61.7. The van der Waals surface area contributed by atoms with Crippen molar-refractivity contribution in [3.05, 3.63) is 194 Å². The number of carbonyl (C=O) groups excluding carboxylic acids is 3. The van der Waals surface area contributed by atoms with Gasteiger partial charge in [-0.3, -0.25) is 32.5 Å². The minimum absolute atomic E-state index is 0.0960. The minimum Gasteiger partial charge on any atom is -0.463 e. The molecule has 0 aromatic rings. The number of phosphoric ester groups is 2. The number of rotatable bonds is 95. The normalized spacial score (nSPS) is 14.5. The summed E-state index contributed by atoms with van der Waals surface area (Å²) in [7, 11) is -9.82. The summed E-state index contributed by atoms with van der Waals surface area (Å²) in [5, 5.41) is 20.8. The van der Waals surface area contributed by atoms with E-state index in [1.807, 2.05) is 0 Å². The number of allylic oxidation sites excluding steroid dienone is 32. The van der Waals surface area contributed by atoms with E-state index in [2.05, 4.69) is 215 Å². The molecule has 16 nitrogen and oxygen atoms in total. The van der Waals surface area contributed by atoms with Crippen molar-refractivity contribution in [2.75, 3.05) is 39.6 Å². The number of aliphatic hydroxyl groups is 2. The number of ether oxygens (including phenoxy) is 3. The van der Waals surface area contributed by atoms with Crippen molar-refractivity contribution in [1.82, 2.24) is 0 Å². The van der Waals surface area contributed by atoms with Crippen molar-refractivity contribution >= 4 is 33.6 Å². The molecular weight excluding hydrogens is 1630 g/mol. The highest BCUT2D eigenvalue weighted by atomic mass is 31.2. The molecule has 5 atom stereocenters. The van der Waals surface area contributed by atoms with E-state index < -0.39 is 91.5 Å². The molecule has 0 spiro atoms. The number of aliphatic hydroxyl groups excluding tert-OH is 2. The topological polar surface area (TPSA) is 231 Å². The summed E-state index contributed by atoms with van der Waals surface area (Å²) in [6.45, 7) is 2.40. The first kappa shape index (κ1) is 121. The van der Waals surface area contributed by atoms with Crippen molar-refractivity contribution in [3.63, 3.8) is 0 Å². The van der Waals surface area contributed by atoms with Gasteiger partial charge in [0, 0.05) is 19.3 Å². The molecule has 726 valence electrons. The first-order valence-electron chi connectivity index (χ1n) is 50.7. The molecule has 0 radical (unpaired) electrons. The maximum Gasteiger partial charge on any atom is 0.472 e. The van der Waals surface area contributed by atoms with E-state index in [1.54, 1.807) is 0 Å². The van der Waals surface area contributed by atoms with Crippen LogP contribution in [-0.2, 0) is 55.8 Å². The van der Waals surface area contributed by atoms with Crippen LogP contribution in [-0.4, -0.2) is 95.9 Å². The lowest BCUT2D eigenvalue weighted by Crippen LogP contribution is -2.30. The van der Waals surface area contributed by atoms with Crippen LogP contribution in [0.4, 0.5) is 0 Å². The number of carbonyl (C=O) groups is 3. The van der Waals surface area contributed by atoms with Gasteiger partial charge in [0.1, 0.15) is 25.4 Å². The first-order valence-corrected chi connectivity index (χ1v) is 53.7. The average molecular weight is 1810 g/mol. The van der Waals surface area contributed by atoms with Crippen LogP contribution in [0.15, 0.2) is 194 Å². The molecular formula is C109H184O16P2. The molecule has 0 rings (SSSR count). The Morgan fingerprint density at radius 2 is 0.394 bits per heavy atom. The molecule has 0 heterocycles. The van der Waals surface area contributed by atoms with E-state index in [-0.39, 0.29) is 19.3 Å². The fourth-order valence-corrected chi connectivity index (χ4v) is 15.3. The monoisotopic (exact) mass is 1810 g/mol. The van der Waals surface area contributed by atoms with Gasteiger partial charge in [0.2, 0.25) is 0 Å². The van der Waals surface area contributed by atoms with Crippen LogP contribution >= 0.6 is 15.6 Å². The number of hydrogen-bond donors (Lipinski definition) is 4. The molecule has 18 heteroatoms. The van der Waals surface area contributed by atoms with Gasteiger partial charge in [-0.25, -0.2) is 9.13 Å². The second-order valence-corrected chi connectivity index (χ2v) is 36.4. The molecule has 0 bridgehead atoms. The molecule has 0 saturated carbocycles. The molecule has 0 aromatic heterocycles. The third kappa shape index (κ3) is 101. The zero-order valence-corrected chi connectivity index (χ0v) is 82.2. The third-order valence-electron chi connectivity index (χ3n) is 21.3. The molecule has 0 fully saturated rings. The lowest BCUT2D eigenvalue weighted by molar-refractivity contribution is -0.161. The van der Waals surface area contributed by atoms with Gasteiger partial charge in [0.05, 0.1) is 26.4 Å². The number of unbranched alkanes of at least 4 members (excludes halogenated alkanes) is 40. The van der Waals surface area contributed by atoms with Crippen LogP contribution in [0.5, 0.6) is 0 Å². The SMILES string of the molecule is CC/C=C\C/C=C\C/C=C\C/C=C\C/C=C\C/C=C\CCCCCCCCCCCCCCCCCCC(=O)OCC(O)COP(=O)(O)OCC(O)COP(=O)(O)OCC(COC(=O)CCCCCCCCCCCCCCC/C=C\C/C=C\C/C=C\C/C=C\C/C=C\CC)OC(=O)CCCCCCCCCCCCC/C=C\C/C=C\C/C=C\C/C=C\C/C=C\CC. The van der Waals surface area contributed by atoms with Gasteiger partial charge in [-0.05, 0) is 161 Å². The Morgan fingerprint density at radius 3 is 0.622 bits per heavy atom. The van der Waals surface area contributed by atoms with Crippen LogP contribution in [0, 0.1) is 0 Å². The summed E-state index contributed by atoms with van der Waals surface area (Å²) >= 11 is 0. The van der Waals surface area contributed by atoms with Gasteiger partial charge in [-0.15, -0.1) is 0 Å². The van der Waals surface area contributed by atoms with Gasteiger partial charge in [-0.2, -0.15) is 0 Å². The lowest BCUT2D eigenvalue weighted by Gasteiger charge is -2.21. The Labute approximate surface area is 776 Å². The Hall–Kier alpha value is -5.61. The summed E-state index contributed by atoms with van der Waals surface area (Å²) in [6.07, 6.45) is 133. The molecule has 0 aliphatic rings. The zero-order valence-electron chi connectivity index (χ0n) is 80.4. The molecule has 4 N–H and O–H groups in total. The highest BCUT2D eigenvalue weighted by Gasteiger charge is 2.30. The van der Waals surface area contributed by atoms with E-state index in [1.165, 1.54) is 173 Å². The molecule has 5 unspecified atom stereocenters.